The van der Waals surface area contributed by atoms with E-state index in [1.54, 1.807) is 19.1 Å². The lowest BCUT2D eigenvalue weighted by Gasteiger charge is -2.08. The van der Waals surface area contributed by atoms with Crippen LogP contribution in [-0.4, -0.2) is 10.9 Å². The minimum Gasteiger partial charge on any atom is -0.445 e. The maximum Gasteiger partial charge on any atom is 0.232 e. The summed E-state index contributed by atoms with van der Waals surface area (Å²) in [7, 11) is 0. The van der Waals surface area contributed by atoms with E-state index in [9.17, 15) is 4.79 Å². The van der Waals surface area contributed by atoms with Crippen molar-refractivity contribution in [3.05, 3.63) is 46.1 Å². The van der Waals surface area contributed by atoms with Gasteiger partial charge in [0.05, 0.1) is 12.1 Å². The number of hydrogen-bond acceptors (Lipinski definition) is 3. The predicted octanol–water partition coefficient (Wildman–Crippen LogP) is 3.43. The van der Waals surface area contributed by atoms with Crippen molar-refractivity contribution >= 4 is 23.2 Å². The van der Waals surface area contributed by atoms with Crippen molar-refractivity contribution in [3.8, 4) is 0 Å². The van der Waals surface area contributed by atoms with E-state index in [0.29, 0.717) is 22.4 Å². The van der Waals surface area contributed by atoms with Gasteiger partial charge in [0.1, 0.15) is 5.76 Å². The van der Waals surface area contributed by atoms with E-state index in [1.807, 2.05) is 19.9 Å². The molecule has 0 radical (unpaired) electrons. The summed E-state index contributed by atoms with van der Waals surface area (Å²) in [5.41, 5.74) is 2.31. The summed E-state index contributed by atoms with van der Waals surface area (Å²) in [4.78, 5) is 16.1. The van der Waals surface area contributed by atoms with Crippen molar-refractivity contribution in [2.24, 2.45) is 0 Å². The number of oxazole rings is 1. The molecule has 0 spiro atoms. The third-order valence-electron chi connectivity index (χ3n) is 2.86. The lowest BCUT2D eigenvalue weighted by molar-refractivity contribution is -0.115. The molecule has 4 nitrogen and oxygen atoms in total. The number of aromatic nitrogens is 1. The van der Waals surface area contributed by atoms with Crippen LogP contribution in [0.3, 0.4) is 0 Å². The van der Waals surface area contributed by atoms with Crippen LogP contribution in [0.1, 0.15) is 22.9 Å². The minimum atomic E-state index is -0.149. The van der Waals surface area contributed by atoms with E-state index in [-0.39, 0.29) is 12.3 Å². The first-order valence-electron chi connectivity index (χ1n) is 5.95. The van der Waals surface area contributed by atoms with E-state index in [2.05, 4.69) is 10.3 Å². The van der Waals surface area contributed by atoms with E-state index in [4.69, 9.17) is 16.0 Å². The topological polar surface area (TPSA) is 55.1 Å². The molecule has 100 valence electrons. The van der Waals surface area contributed by atoms with Gasteiger partial charge in [-0.1, -0.05) is 17.7 Å². The lowest BCUT2D eigenvalue weighted by atomic mass is 10.2. The van der Waals surface area contributed by atoms with Gasteiger partial charge in [0, 0.05) is 17.6 Å². The second-order valence-electron chi connectivity index (χ2n) is 4.38. The Hall–Kier alpha value is -1.81. The number of nitrogens with zero attached hydrogens (tertiary/aromatic N) is 1. The summed E-state index contributed by atoms with van der Waals surface area (Å²) in [6.45, 7) is 5.45. The zero-order valence-electron chi connectivity index (χ0n) is 11.1. The molecule has 1 amide bonds. The molecule has 1 heterocycles. The van der Waals surface area contributed by atoms with Gasteiger partial charge in [-0.3, -0.25) is 4.79 Å². The summed E-state index contributed by atoms with van der Waals surface area (Å²) in [5.74, 6) is 1.01. The van der Waals surface area contributed by atoms with Crippen molar-refractivity contribution in [1.82, 2.24) is 4.98 Å². The third kappa shape index (κ3) is 3.15. The zero-order valence-corrected chi connectivity index (χ0v) is 11.8. The molecule has 0 aliphatic carbocycles. The number of carbonyl (C=O) groups is 1. The fourth-order valence-electron chi connectivity index (χ4n) is 1.82. The monoisotopic (exact) mass is 278 g/mol. The standard InChI is InChI=1S/C14H15ClN2O2/c1-8-11(15)5-4-6-12(8)17-14(18)7-13-9(2)16-10(3)19-13/h4-6H,7H2,1-3H3,(H,17,18). The average Bonchev–Trinajstić information content (AvgIpc) is 2.64. The van der Waals surface area contributed by atoms with Crippen LogP contribution in [0.5, 0.6) is 0 Å². The van der Waals surface area contributed by atoms with E-state index in [0.717, 1.165) is 11.3 Å². The Morgan fingerprint density at radius 2 is 2.11 bits per heavy atom. The first-order valence-corrected chi connectivity index (χ1v) is 6.33. The number of anilines is 1. The predicted molar refractivity (Wildman–Crippen MR) is 74.5 cm³/mol. The van der Waals surface area contributed by atoms with Gasteiger partial charge in [-0.05, 0) is 31.5 Å². The van der Waals surface area contributed by atoms with Gasteiger partial charge < -0.3 is 9.73 Å². The van der Waals surface area contributed by atoms with Gasteiger partial charge in [0.2, 0.25) is 5.91 Å². The van der Waals surface area contributed by atoms with Crippen LogP contribution in [0.25, 0.3) is 0 Å². The number of hydrogen-bond donors (Lipinski definition) is 1. The molecule has 0 aliphatic rings. The smallest absolute Gasteiger partial charge is 0.232 e. The molecular weight excluding hydrogens is 264 g/mol. The Bertz CT molecular complexity index is 620. The van der Waals surface area contributed by atoms with Gasteiger partial charge in [-0.2, -0.15) is 0 Å². The lowest BCUT2D eigenvalue weighted by Crippen LogP contribution is -2.15. The molecule has 0 bridgehead atoms. The number of halogens is 1. The average molecular weight is 279 g/mol. The van der Waals surface area contributed by atoms with E-state index < -0.39 is 0 Å². The van der Waals surface area contributed by atoms with Crippen molar-refractivity contribution in [2.75, 3.05) is 5.32 Å². The molecule has 0 unspecified atom stereocenters. The number of amides is 1. The second-order valence-corrected chi connectivity index (χ2v) is 4.79. The van der Waals surface area contributed by atoms with Crippen LogP contribution in [0.2, 0.25) is 5.02 Å². The van der Waals surface area contributed by atoms with Crippen LogP contribution in [0.15, 0.2) is 22.6 Å². The fraction of sp³-hybridized carbons (Fsp3) is 0.286. The molecule has 0 saturated carbocycles. The van der Waals surface area contributed by atoms with E-state index in [1.165, 1.54) is 0 Å². The normalized spacial score (nSPS) is 10.5. The number of carbonyl (C=O) groups excluding carboxylic acids is 1. The molecule has 5 heteroatoms. The number of nitrogens with one attached hydrogen (secondary N) is 1. The molecule has 0 atom stereocenters. The van der Waals surface area contributed by atoms with Gasteiger partial charge in [0.25, 0.3) is 0 Å². The third-order valence-corrected chi connectivity index (χ3v) is 3.27. The summed E-state index contributed by atoms with van der Waals surface area (Å²) in [6.07, 6.45) is 0.165. The number of rotatable bonds is 3. The van der Waals surface area contributed by atoms with Gasteiger partial charge >= 0.3 is 0 Å². The van der Waals surface area contributed by atoms with Crippen molar-refractivity contribution in [3.63, 3.8) is 0 Å². The van der Waals surface area contributed by atoms with Crippen molar-refractivity contribution in [1.29, 1.82) is 0 Å². The minimum absolute atomic E-state index is 0.149. The molecule has 0 saturated heterocycles. The van der Waals surface area contributed by atoms with Crippen LogP contribution in [0.4, 0.5) is 5.69 Å². The van der Waals surface area contributed by atoms with Crippen LogP contribution >= 0.6 is 11.6 Å². The van der Waals surface area contributed by atoms with Gasteiger partial charge in [0.15, 0.2) is 5.89 Å². The van der Waals surface area contributed by atoms with Crippen LogP contribution in [-0.2, 0) is 11.2 Å². The Balaban J connectivity index is 2.10. The van der Waals surface area contributed by atoms with E-state index >= 15 is 0 Å². The Kier molecular flexibility index (Phi) is 3.90. The fourth-order valence-corrected chi connectivity index (χ4v) is 2.00. The summed E-state index contributed by atoms with van der Waals surface area (Å²) >= 11 is 6.01. The highest BCUT2D eigenvalue weighted by Crippen LogP contribution is 2.23. The molecular formula is C14H15ClN2O2. The molecule has 19 heavy (non-hydrogen) atoms. The molecule has 2 rings (SSSR count). The summed E-state index contributed by atoms with van der Waals surface area (Å²) < 4.78 is 5.38. The first kappa shape index (κ1) is 13.6. The molecule has 1 aromatic carbocycles. The van der Waals surface area contributed by atoms with Crippen LogP contribution < -0.4 is 5.32 Å². The highest BCUT2D eigenvalue weighted by atomic mass is 35.5. The van der Waals surface area contributed by atoms with Crippen molar-refractivity contribution in [2.45, 2.75) is 27.2 Å². The number of benzene rings is 1. The Morgan fingerprint density at radius 3 is 2.74 bits per heavy atom. The quantitative estimate of drug-likeness (QED) is 0.936. The SMILES string of the molecule is Cc1nc(C)c(CC(=O)Nc2cccc(Cl)c2C)o1. The van der Waals surface area contributed by atoms with Gasteiger partial charge in [-0.15, -0.1) is 0 Å². The summed E-state index contributed by atoms with van der Waals surface area (Å²) in [6, 6.07) is 5.41. The highest BCUT2D eigenvalue weighted by molar-refractivity contribution is 6.31. The molecule has 1 N–H and O–H groups in total. The second kappa shape index (κ2) is 5.45. The Labute approximate surface area is 116 Å². The van der Waals surface area contributed by atoms with Crippen LogP contribution in [0, 0.1) is 20.8 Å². The molecule has 0 fully saturated rings. The van der Waals surface area contributed by atoms with Gasteiger partial charge in [-0.25, -0.2) is 4.98 Å². The zero-order chi connectivity index (χ0) is 14.0. The largest absolute Gasteiger partial charge is 0.445 e. The van der Waals surface area contributed by atoms with Crippen molar-refractivity contribution < 1.29 is 9.21 Å². The molecule has 0 aliphatic heterocycles. The Morgan fingerprint density at radius 1 is 1.37 bits per heavy atom. The molecule has 1 aromatic heterocycles. The first-order chi connectivity index (χ1) is 8.97. The molecule has 2 aromatic rings. The highest BCUT2D eigenvalue weighted by Gasteiger charge is 2.13. The maximum absolute atomic E-state index is 12.0. The number of aryl methyl sites for hydroxylation is 2. The summed E-state index contributed by atoms with van der Waals surface area (Å²) in [5, 5.41) is 3.45. The maximum atomic E-state index is 12.0.